The van der Waals surface area contributed by atoms with E-state index in [2.05, 4.69) is 24.8 Å². The Hall–Kier alpha value is -4.08. The maximum Gasteiger partial charge on any atom is 0.586 e. The summed E-state index contributed by atoms with van der Waals surface area (Å²) in [5, 5.41) is 2.49. The number of hydrogen-bond acceptors (Lipinski definition) is 6. The number of Topliss-reactive ketones (excluding diaryl/α,β-unsaturated/α-hetero) is 1. The smallest absolute Gasteiger partial charge is 0.395 e. The van der Waals surface area contributed by atoms with Crippen molar-refractivity contribution in [2.24, 2.45) is 0 Å². The number of pyridine rings is 2. The Bertz CT molecular complexity index is 1440. The lowest BCUT2D eigenvalue weighted by atomic mass is 9.88. The predicted molar refractivity (Wildman–Crippen MR) is 126 cm³/mol. The minimum atomic E-state index is -3.72. The van der Waals surface area contributed by atoms with Gasteiger partial charge in [0.25, 0.3) is 5.56 Å². The standard InChI is InChI=1S/C25H21F2N3O5.2H2/c1-13-3-5-17(30-22(13)15-9-18(29-14(2)31)23(33)28-12-15)11-21(32)24(7-8-24)16-4-6-19-20(10-16)35-25(26,27)34-19;;/h3-6,9-10,12H,7-8,11H2,1-2H3,(H,28,33)(H,29,31);2*1H. The van der Waals surface area contributed by atoms with Crippen LogP contribution < -0.4 is 20.3 Å². The van der Waals surface area contributed by atoms with Crippen LogP contribution in [0.1, 0.15) is 39.4 Å². The van der Waals surface area contributed by atoms with E-state index in [0.717, 1.165) is 5.56 Å². The van der Waals surface area contributed by atoms with Crippen LogP contribution in [0.5, 0.6) is 11.5 Å². The molecule has 0 saturated heterocycles. The van der Waals surface area contributed by atoms with Gasteiger partial charge < -0.3 is 19.8 Å². The maximum absolute atomic E-state index is 13.4. The number of carbonyl (C=O) groups is 2. The summed E-state index contributed by atoms with van der Waals surface area (Å²) in [6, 6.07) is 9.57. The minimum absolute atomic E-state index is 0. The van der Waals surface area contributed by atoms with Gasteiger partial charge in [0.2, 0.25) is 5.91 Å². The van der Waals surface area contributed by atoms with Crippen LogP contribution in [0.3, 0.4) is 0 Å². The van der Waals surface area contributed by atoms with Crippen LogP contribution in [0.2, 0.25) is 0 Å². The highest BCUT2D eigenvalue weighted by Crippen LogP contribution is 2.52. The third-order valence-corrected chi connectivity index (χ3v) is 6.22. The first kappa shape index (κ1) is 22.7. The number of rotatable bonds is 6. The molecule has 8 nitrogen and oxygen atoms in total. The van der Waals surface area contributed by atoms with Crippen LogP contribution in [0.4, 0.5) is 14.5 Å². The van der Waals surface area contributed by atoms with Gasteiger partial charge in [-0.15, -0.1) is 8.78 Å². The van der Waals surface area contributed by atoms with Gasteiger partial charge in [0, 0.05) is 33.7 Å². The molecule has 5 rings (SSSR count). The van der Waals surface area contributed by atoms with Crippen molar-refractivity contribution in [1.29, 1.82) is 0 Å². The van der Waals surface area contributed by atoms with Crippen LogP contribution in [-0.2, 0) is 21.4 Å². The molecule has 0 bridgehead atoms. The molecule has 1 fully saturated rings. The molecule has 184 valence electrons. The quantitative estimate of drug-likeness (QED) is 0.537. The van der Waals surface area contributed by atoms with Gasteiger partial charge in [-0.25, -0.2) is 0 Å². The van der Waals surface area contributed by atoms with Gasteiger partial charge in [0.1, 0.15) is 11.5 Å². The summed E-state index contributed by atoms with van der Waals surface area (Å²) in [6.07, 6.45) is -0.980. The minimum Gasteiger partial charge on any atom is -0.395 e. The van der Waals surface area contributed by atoms with Crippen molar-refractivity contribution in [3.8, 4) is 22.8 Å². The number of aromatic amines is 1. The van der Waals surface area contributed by atoms with Crippen molar-refractivity contribution >= 4 is 17.4 Å². The molecular weight excluding hydrogens is 460 g/mol. The molecular formula is C25H25F2N3O5. The zero-order valence-electron chi connectivity index (χ0n) is 18.9. The molecule has 2 aromatic heterocycles. The van der Waals surface area contributed by atoms with Gasteiger partial charge in [-0.3, -0.25) is 19.4 Å². The summed E-state index contributed by atoms with van der Waals surface area (Å²) < 4.78 is 35.8. The average molecular weight is 485 g/mol. The lowest BCUT2D eigenvalue weighted by Crippen LogP contribution is -2.26. The van der Waals surface area contributed by atoms with Gasteiger partial charge >= 0.3 is 6.29 Å². The van der Waals surface area contributed by atoms with Crippen molar-refractivity contribution in [2.75, 3.05) is 5.32 Å². The van der Waals surface area contributed by atoms with Crippen LogP contribution in [-0.4, -0.2) is 28.0 Å². The van der Waals surface area contributed by atoms with E-state index in [1.165, 1.54) is 31.3 Å². The molecule has 3 heterocycles. The van der Waals surface area contributed by atoms with Crippen LogP contribution in [0, 0.1) is 6.92 Å². The van der Waals surface area contributed by atoms with E-state index in [-0.39, 0.29) is 38.2 Å². The second-order valence-corrected chi connectivity index (χ2v) is 8.79. The fourth-order valence-electron chi connectivity index (χ4n) is 4.30. The summed E-state index contributed by atoms with van der Waals surface area (Å²) in [5.74, 6) is -0.605. The van der Waals surface area contributed by atoms with Gasteiger partial charge in [0.15, 0.2) is 11.5 Å². The summed E-state index contributed by atoms with van der Waals surface area (Å²) in [4.78, 5) is 44.0. The maximum atomic E-state index is 13.4. The summed E-state index contributed by atoms with van der Waals surface area (Å²) in [5.41, 5.74) is 1.98. The molecule has 3 aromatic rings. The van der Waals surface area contributed by atoms with Gasteiger partial charge in [-0.2, -0.15) is 0 Å². The number of hydrogen-bond donors (Lipinski definition) is 2. The predicted octanol–water partition coefficient (Wildman–Crippen LogP) is 4.36. The normalized spacial score (nSPS) is 16.6. The molecule has 2 N–H and O–H groups in total. The molecule has 1 saturated carbocycles. The number of anilines is 1. The third-order valence-electron chi connectivity index (χ3n) is 6.22. The molecule has 0 atom stereocenters. The monoisotopic (exact) mass is 485 g/mol. The third kappa shape index (κ3) is 4.27. The second kappa shape index (κ2) is 8.00. The zero-order valence-corrected chi connectivity index (χ0v) is 18.9. The topological polar surface area (TPSA) is 110 Å². The number of nitrogens with zero attached hydrogens (tertiary/aromatic N) is 1. The van der Waals surface area contributed by atoms with Crippen LogP contribution in [0.15, 0.2) is 47.4 Å². The number of amides is 1. The highest BCUT2D eigenvalue weighted by molar-refractivity contribution is 5.94. The molecule has 1 aromatic carbocycles. The van der Waals surface area contributed by atoms with E-state index >= 15 is 0 Å². The fraction of sp³-hybridized carbons (Fsp3) is 0.280. The average Bonchev–Trinajstić information content (AvgIpc) is 3.53. The number of halogens is 2. The molecule has 1 aliphatic heterocycles. The van der Waals surface area contributed by atoms with Crippen LogP contribution >= 0.6 is 0 Å². The second-order valence-electron chi connectivity index (χ2n) is 8.79. The highest BCUT2D eigenvalue weighted by atomic mass is 19.3. The van der Waals surface area contributed by atoms with Gasteiger partial charge in [-0.1, -0.05) is 12.1 Å². The lowest BCUT2D eigenvalue weighted by Gasteiger charge is -2.16. The van der Waals surface area contributed by atoms with E-state index in [1.807, 2.05) is 13.0 Å². The van der Waals surface area contributed by atoms with Crippen molar-refractivity contribution in [3.05, 3.63) is 69.8 Å². The number of ether oxygens (including phenoxy) is 2. The first-order chi connectivity index (χ1) is 16.6. The number of nitrogens with one attached hydrogen (secondary N) is 2. The summed E-state index contributed by atoms with van der Waals surface area (Å²) >= 11 is 0. The fourth-order valence-corrected chi connectivity index (χ4v) is 4.30. The van der Waals surface area contributed by atoms with Crippen molar-refractivity contribution < 1.29 is 30.7 Å². The number of fused-ring (bicyclic) bond motifs is 1. The van der Waals surface area contributed by atoms with Crippen molar-refractivity contribution in [3.63, 3.8) is 0 Å². The first-order valence-electron chi connectivity index (χ1n) is 11.0. The van der Waals surface area contributed by atoms with Crippen molar-refractivity contribution in [1.82, 2.24) is 9.97 Å². The SMILES string of the molecule is CC(=O)Nc1cc(-c2nc(CC(=O)C3(c4ccc5c(c4)OC(F)(F)O5)CC3)ccc2C)c[nH]c1=O.[HH].[HH]. The largest absolute Gasteiger partial charge is 0.586 e. The van der Waals surface area contributed by atoms with E-state index < -0.39 is 17.3 Å². The molecule has 0 unspecified atom stereocenters. The number of H-pyrrole nitrogens is 1. The number of alkyl halides is 2. The van der Waals surface area contributed by atoms with Gasteiger partial charge in [0.05, 0.1) is 11.1 Å². The molecule has 1 amide bonds. The first-order valence-corrected chi connectivity index (χ1v) is 11.0. The molecule has 2 aliphatic rings. The molecule has 35 heavy (non-hydrogen) atoms. The number of aromatic nitrogens is 2. The lowest BCUT2D eigenvalue weighted by molar-refractivity contribution is -0.286. The number of benzene rings is 1. The number of ketones is 1. The summed E-state index contributed by atoms with van der Waals surface area (Å²) in [6.45, 7) is 3.16. The zero-order chi connectivity index (χ0) is 25.0. The summed E-state index contributed by atoms with van der Waals surface area (Å²) in [7, 11) is 0. The molecule has 10 heteroatoms. The van der Waals surface area contributed by atoms with E-state index in [4.69, 9.17) is 0 Å². The van der Waals surface area contributed by atoms with E-state index in [9.17, 15) is 23.2 Å². The molecule has 0 radical (unpaired) electrons. The van der Waals surface area contributed by atoms with Gasteiger partial charge in [-0.05, 0) is 55.2 Å². The molecule has 0 spiro atoms. The van der Waals surface area contributed by atoms with Crippen LogP contribution in [0.25, 0.3) is 11.3 Å². The highest BCUT2D eigenvalue weighted by Gasteiger charge is 2.52. The Morgan fingerprint density at radius 2 is 1.89 bits per heavy atom. The Kier molecular flexibility index (Phi) is 5.19. The Labute approximate surface area is 201 Å². The van der Waals surface area contributed by atoms with Crippen molar-refractivity contribution in [2.45, 2.75) is 44.8 Å². The number of carbonyl (C=O) groups excluding carboxylic acids is 2. The number of aryl methyl sites for hydroxylation is 1. The Morgan fingerprint density at radius 1 is 1.14 bits per heavy atom. The molecule has 1 aliphatic carbocycles. The Balaban J connectivity index is 0.00000190. The Morgan fingerprint density at radius 3 is 2.60 bits per heavy atom. The van der Waals surface area contributed by atoms with E-state index in [1.54, 1.807) is 12.1 Å². The van der Waals surface area contributed by atoms with E-state index in [0.29, 0.717) is 35.4 Å².